The van der Waals surface area contributed by atoms with Crippen LogP contribution in [0.15, 0.2) is 0 Å². The second-order valence-electron chi connectivity index (χ2n) is 2.76. The molecule has 1 nitrogen and oxygen atoms in total. The van der Waals surface area contributed by atoms with Crippen LogP contribution in [0.4, 0.5) is 0 Å². The van der Waals surface area contributed by atoms with Gasteiger partial charge in [-0.1, -0.05) is 8.58 Å². The average molecular weight is 148 g/mol. The number of hydrogen-bond acceptors (Lipinski definition) is 0. The van der Waals surface area contributed by atoms with E-state index >= 15 is 0 Å². The maximum absolute atomic E-state index is 2.33. The fraction of sp³-hybridized carbons (Fsp3) is 1.00. The van der Waals surface area contributed by atoms with E-state index in [0.717, 1.165) is 8.58 Å². The molecule has 2 heteroatoms. The molecule has 0 amide bonds. The summed E-state index contributed by atoms with van der Waals surface area (Å²) in [7, 11) is 3.42. The van der Waals surface area contributed by atoms with Crippen molar-refractivity contribution in [1.82, 2.24) is 0 Å². The van der Waals surface area contributed by atoms with Gasteiger partial charge in [0.05, 0.1) is 26.4 Å². The maximum Gasteiger partial charge on any atom is 0.0931 e. The van der Waals surface area contributed by atoms with Crippen LogP contribution in [0.2, 0.25) is 0 Å². The van der Waals surface area contributed by atoms with Crippen LogP contribution >= 0.6 is 8.58 Å². The molecule has 1 unspecified atom stereocenters. The third-order valence-electron chi connectivity index (χ3n) is 2.07. The highest BCUT2D eigenvalue weighted by Gasteiger charge is 2.13. The summed E-state index contributed by atoms with van der Waals surface area (Å²) < 4.78 is 1.24. The van der Waals surface area contributed by atoms with Crippen LogP contribution in [0.1, 0.15) is 13.8 Å². The first-order chi connectivity index (χ1) is 4.18. The SMILES string of the molecule is CC[N+](C)(CC)CPC. The second-order valence-corrected chi connectivity index (χ2v) is 3.79. The summed E-state index contributed by atoms with van der Waals surface area (Å²) in [5.41, 5.74) is 0. The number of rotatable bonds is 4. The molecule has 0 aromatic heterocycles. The van der Waals surface area contributed by atoms with Gasteiger partial charge < -0.3 is 4.48 Å². The van der Waals surface area contributed by atoms with Crippen LogP contribution < -0.4 is 0 Å². The lowest BCUT2D eigenvalue weighted by molar-refractivity contribution is -0.894. The molecule has 0 aliphatic heterocycles. The first-order valence-corrected chi connectivity index (χ1v) is 5.37. The molecular formula is C7H19NP+. The smallest absolute Gasteiger partial charge is 0.0931 e. The lowest BCUT2D eigenvalue weighted by Crippen LogP contribution is -2.42. The summed E-state index contributed by atoms with van der Waals surface area (Å²) in [6.45, 7) is 9.36. The predicted molar refractivity (Wildman–Crippen MR) is 46.4 cm³/mol. The summed E-state index contributed by atoms with van der Waals surface area (Å²) in [6, 6.07) is 0. The second kappa shape index (κ2) is 4.24. The lowest BCUT2D eigenvalue weighted by Gasteiger charge is -2.31. The van der Waals surface area contributed by atoms with Crippen molar-refractivity contribution in [3.8, 4) is 0 Å². The van der Waals surface area contributed by atoms with Gasteiger partial charge in [-0.15, -0.1) is 0 Å². The molecule has 0 N–H and O–H groups in total. The van der Waals surface area contributed by atoms with Gasteiger partial charge >= 0.3 is 0 Å². The summed E-state index contributed by atoms with van der Waals surface area (Å²) in [5, 5.41) is 0. The van der Waals surface area contributed by atoms with E-state index in [9.17, 15) is 0 Å². The Hall–Kier alpha value is 0.390. The highest BCUT2D eigenvalue weighted by atomic mass is 31.1. The minimum atomic E-state index is 1.10. The molecule has 0 rings (SSSR count). The van der Waals surface area contributed by atoms with Crippen LogP contribution in [0.3, 0.4) is 0 Å². The molecule has 1 atom stereocenters. The van der Waals surface area contributed by atoms with Gasteiger partial charge in [-0.05, 0) is 20.5 Å². The van der Waals surface area contributed by atoms with Gasteiger partial charge in [0.25, 0.3) is 0 Å². The minimum Gasteiger partial charge on any atom is -0.323 e. The average Bonchev–Trinajstić information content (AvgIpc) is 1.89. The molecule has 0 spiro atoms. The largest absolute Gasteiger partial charge is 0.323 e. The molecule has 0 radical (unpaired) electrons. The Bertz CT molecular complexity index is 69.3. The molecule has 0 saturated carbocycles. The van der Waals surface area contributed by atoms with Gasteiger partial charge in [-0.3, -0.25) is 0 Å². The van der Waals surface area contributed by atoms with E-state index in [1.807, 2.05) is 0 Å². The monoisotopic (exact) mass is 148 g/mol. The van der Waals surface area contributed by atoms with E-state index in [-0.39, 0.29) is 0 Å². The zero-order chi connectivity index (χ0) is 7.33. The van der Waals surface area contributed by atoms with Crippen molar-refractivity contribution in [2.24, 2.45) is 0 Å². The van der Waals surface area contributed by atoms with Crippen molar-refractivity contribution in [3.05, 3.63) is 0 Å². The van der Waals surface area contributed by atoms with Gasteiger partial charge in [-0.2, -0.15) is 0 Å². The van der Waals surface area contributed by atoms with Crippen LogP contribution in [0, 0.1) is 0 Å². The molecule has 0 fully saturated rings. The Balaban J connectivity index is 3.62. The molecule has 0 aliphatic carbocycles. The Morgan fingerprint density at radius 3 is 1.78 bits per heavy atom. The van der Waals surface area contributed by atoms with E-state index in [0.29, 0.717) is 0 Å². The van der Waals surface area contributed by atoms with Crippen LogP contribution in [0.25, 0.3) is 0 Å². The Morgan fingerprint density at radius 2 is 1.67 bits per heavy atom. The zero-order valence-corrected chi connectivity index (χ0v) is 8.07. The standard InChI is InChI=1S/C7H19NP/c1-5-8(3,6-2)7-9-4/h9H,5-7H2,1-4H3/q+1. The van der Waals surface area contributed by atoms with Crippen molar-refractivity contribution in [2.75, 3.05) is 33.1 Å². The third kappa shape index (κ3) is 3.17. The number of nitrogens with zero attached hydrogens (tertiary/aromatic N) is 1. The van der Waals surface area contributed by atoms with E-state index in [2.05, 4.69) is 27.6 Å². The first-order valence-electron chi connectivity index (χ1n) is 3.66. The van der Waals surface area contributed by atoms with Crippen molar-refractivity contribution in [2.45, 2.75) is 13.8 Å². The quantitative estimate of drug-likeness (QED) is 0.421. The van der Waals surface area contributed by atoms with Gasteiger partial charge in [0.15, 0.2) is 0 Å². The molecule has 0 bridgehead atoms. The maximum atomic E-state index is 2.33. The molecule has 56 valence electrons. The van der Waals surface area contributed by atoms with E-state index in [1.54, 1.807) is 0 Å². The van der Waals surface area contributed by atoms with Crippen LogP contribution in [-0.2, 0) is 0 Å². The fourth-order valence-corrected chi connectivity index (χ4v) is 2.04. The molecule has 0 aliphatic rings. The Morgan fingerprint density at radius 1 is 1.22 bits per heavy atom. The summed E-state index contributed by atoms with van der Waals surface area (Å²) >= 11 is 0. The Kier molecular flexibility index (Phi) is 4.43. The van der Waals surface area contributed by atoms with Crippen LogP contribution in [0.5, 0.6) is 0 Å². The van der Waals surface area contributed by atoms with Crippen molar-refractivity contribution >= 4 is 8.58 Å². The number of quaternary nitrogens is 1. The summed E-state index contributed by atoms with van der Waals surface area (Å²) in [5.74, 6) is 0. The Labute approximate surface area is 60.8 Å². The predicted octanol–water partition coefficient (Wildman–Crippen LogP) is 1.74. The molecule has 0 saturated heterocycles. The normalized spacial score (nSPS) is 13.3. The van der Waals surface area contributed by atoms with Crippen LogP contribution in [-0.4, -0.2) is 37.6 Å². The van der Waals surface area contributed by atoms with E-state index in [4.69, 9.17) is 0 Å². The van der Waals surface area contributed by atoms with Gasteiger partial charge in [0, 0.05) is 0 Å². The molecular weight excluding hydrogens is 129 g/mol. The fourth-order valence-electron chi connectivity index (χ4n) is 0.829. The third-order valence-corrected chi connectivity index (χ3v) is 3.15. The molecule has 0 aromatic rings. The van der Waals surface area contributed by atoms with Crippen molar-refractivity contribution in [1.29, 1.82) is 0 Å². The topological polar surface area (TPSA) is 0 Å². The zero-order valence-electron chi connectivity index (χ0n) is 7.07. The molecule has 9 heavy (non-hydrogen) atoms. The van der Waals surface area contributed by atoms with Gasteiger partial charge in [0.1, 0.15) is 0 Å². The van der Waals surface area contributed by atoms with Crippen molar-refractivity contribution < 1.29 is 4.48 Å². The van der Waals surface area contributed by atoms with Gasteiger partial charge in [-0.25, -0.2) is 0 Å². The first kappa shape index (κ1) is 9.39. The summed E-state index contributed by atoms with van der Waals surface area (Å²) in [6.07, 6.45) is 1.35. The van der Waals surface area contributed by atoms with E-state index in [1.165, 1.54) is 23.9 Å². The summed E-state index contributed by atoms with van der Waals surface area (Å²) in [4.78, 5) is 0. The molecule has 0 heterocycles. The highest BCUT2D eigenvalue weighted by molar-refractivity contribution is 7.36. The molecule has 0 aromatic carbocycles. The number of hydrogen-bond donors (Lipinski definition) is 0. The minimum absolute atomic E-state index is 1.10. The van der Waals surface area contributed by atoms with Gasteiger partial charge in [0.2, 0.25) is 0 Å². The van der Waals surface area contributed by atoms with E-state index < -0.39 is 0 Å². The van der Waals surface area contributed by atoms with Crippen molar-refractivity contribution in [3.63, 3.8) is 0 Å². The highest BCUT2D eigenvalue weighted by Crippen LogP contribution is 2.12. The lowest BCUT2D eigenvalue weighted by atomic mass is 10.5.